The molecular weight excluding hydrogens is 307 g/mol. The lowest BCUT2D eigenvalue weighted by molar-refractivity contribution is -0.0321. The molecule has 0 aliphatic heterocycles. The van der Waals surface area contributed by atoms with Crippen molar-refractivity contribution >= 4 is 22.6 Å². The molecule has 3 nitrogen and oxygen atoms in total. The summed E-state index contributed by atoms with van der Waals surface area (Å²) in [7, 11) is 0. The third-order valence-electron chi connectivity index (χ3n) is 2.00. The van der Waals surface area contributed by atoms with Crippen molar-refractivity contribution in [2.45, 2.75) is 18.8 Å². The molecule has 2 atom stereocenters. The van der Waals surface area contributed by atoms with Crippen LogP contribution in [0.1, 0.15) is 5.56 Å². The minimum atomic E-state index is -0.800. The molecule has 15 heavy (non-hydrogen) atoms. The second-order valence-corrected chi connectivity index (χ2v) is 4.17. The quantitative estimate of drug-likeness (QED) is 0.614. The lowest BCUT2D eigenvalue weighted by Gasteiger charge is -2.15. The van der Waals surface area contributed by atoms with Gasteiger partial charge in [-0.1, -0.05) is 52.9 Å². The summed E-state index contributed by atoms with van der Waals surface area (Å²) in [5.74, 6) is 0. The van der Waals surface area contributed by atoms with Crippen LogP contribution in [0.4, 0.5) is 0 Å². The molecule has 2 N–H and O–H groups in total. The molecule has 1 aromatic rings. The highest BCUT2D eigenvalue weighted by Gasteiger charge is 2.14. The van der Waals surface area contributed by atoms with Gasteiger partial charge in [-0.05, 0) is 5.56 Å². The van der Waals surface area contributed by atoms with E-state index in [1.54, 1.807) is 0 Å². The van der Waals surface area contributed by atoms with Gasteiger partial charge in [-0.15, -0.1) is 0 Å². The Kier molecular flexibility index (Phi) is 6.16. The van der Waals surface area contributed by atoms with Gasteiger partial charge < -0.3 is 14.9 Å². The average Bonchev–Trinajstić information content (AvgIpc) is 2.29. The topological polar surface area (TPSA) is 49.7 Å². The van der Waals surface area contributed by atoms with Crippen LogP contribution in [0.2, 0.25) is 0 Å². The molecule has 0 heterocycles. The normalized spacial score (nSPS) is 14.9. The largest absolute Gasteiger partial charge is 0.390 e. The van der Waals surface area contributed by atoms with Crippen molar-refractivity contribution < 1.29 is 14.9 Å². The average molecular weight is 322 g/mol. The van der Waals surface area contributed by atoms with E-state index in [9.17, 15) is 10.2 Å². The molecule has 84 valence electrons. The first-order valence-corrected chi connectivity index (χ1v) is 6.30. The maximum atomic E-state index is 9.42. The van der Waals surface area contributed by atoms with E-state index < -0.39 is 12.2 Å². The van der Waals surface area contributed by atoms with E-state index in [-0.39, 0.29) is 6.61 Å². The molecule has 1 aromatic carbocycles. The van der Waals surface area contributed by atoms with Crippen LogP contribution in [0.25, 0.3) is 0 Å². The van der Waals surface area contributed by atoms with Gasteiger partial charge in [-0.3, -0.25) is 0 Å². The van der Waals surface area contributed by atoms with Crippen LogP contribution < -0.4 is 0 Å². The van der Waals surface area contributed by atoms with Gasteiger partial charge in [-0.2, -0.15) is 0 Å². The molecule has 0 saturated carbocycles. The maximum Gasteiger partial charge on any atom is 0.104 e. The van der Waals surface area contributed by atoms with Crippen molar-refractivity contribution in [2.24, 2.45) is 0 Å². The fourth-order valence-electron chi connectivity index (χ4n) is 1.09. The molecule has 0 bridgehead atoms. The Bertz CT molecular complexity index is 266. The number of aliphatic hydroxyl groups excluding tert-OH is 2. The predicted molar refractivity (Wildman–Crippen MR) is 67.0 cm³/mol. The third-order valence-corrected chi connectivity index (χ3v) is 2.90. The van der Waals surface area contributed by atoms with E-state index in [4.69, 9.17) is 4.74 Å². The van der Waals surface area contributed by atoms with Gasteiger partial charge in [-0.25, -0.2) is 0 Å². The number of rotatable bonds is 6. The highest BCUT2D eigenvalue weighted by atomic mass is 127. The lowest BCUT2D eigenvalue weighted by Crippen LogP contribution is -2.31. The number of benzene rings is 1. The molecule has 0 aromatic heterocycles. The molecule has 1 rings (SSSR count). The monoisotopic (exact) mass is 322 g/mol. The standard InChI is InChI=1S/C11H15IO3/c12-6-10(13)11(14)8-15-7-9-4-2-1-3-5-9/h1-5,10-11,13-14H,6-8H2/t10-,11+/m0/s1. The van der Waals surface area contributed by atoms with Gasteiger partial charge in [0.15, 0.2) is 0 Å². The number of alkyl halides is 1. The van der Waals surface area contributed by atoms with Crippen molar-refractivity contribution in [1.82, 2.24) is 0 Å². The van der Waals surface area contributed by atoms with Crippen LogP contribution in [0.15, 0.2) is 30.3 Å². The highest BCUT2D eigenvalue weighted by molar-refractivity contribution is 14.1. The minimum absolute atomic E-state index is 0.166. The van der Waals surface area contributed by atoms with E-state index in [0.29, 0.717) is 11.0 Å². The molecule has 0 saturated heterocycles. The number of halogens is 1. The Hall–Kier alpha value is -0.170. The highest BCUT2D eigenvalue weighted by Crippen LogP contribution is 2.03. The molecule has 0 aliphatic rings. The van der Waals surface area contributed by atoms with E-state index in [0.717, 1.165) is 5.56 Å². The van der Waals surface area contributed by atoms with Crippen LogP contribution in [0, 0.1) is 0 Å². The van der Waals surface area contributed by atoms with Gasteiger partial charge in [0, 0.05) is 4.43 Å². The van der Waals surface area contributed by atoms with Gasteiger partial charge in [0.25, 0.3) is 0 Å². The van der Waals surface area contributed by atoms with Crippen molar-refractivity contribution in [3.63, 3.8) is 0 Å². The Labute approximate surface area is 103 Å². The first kappa shape index (κ1) is 12.9. The summed E-state index contributed by atoms with van der Waals surface area (Å²) in [5, 5.41) is 18.7. The van der Waals surface area contributed by atoms with Crippen molar-refractivity contribution in [2.75, 3.05) is 11.0 Å². The van der Waals surface area contributed by atoms with Crippen molar-refractivity contribution in [1.29, 1.82) is 0 Å². The zero-order valence-electron chi connectivity index (χ0n) is 8.34. The lowest BCUT2D eigenvalue weighted by atomic mass is 10.2. The number of hydrogen-bond donors (Lipinski definition) is 2. The van der Waals surface area contributed by atoms with Crippen LogP contribution in [-0.2, 0) is 11.3 Å². The number of hydrogen-bond acceptors (Lipinski definition) is 3. The molecule has 0 aliphatic carbocycles. The summed E-state index contributed by atoms with van der Waals surface area (Å²) >= 11 is 2.03. The summed E-state index contributed by atoms with van der Waals surface area (Å²) in [5.41, 5.74) is 1.06. The number of aliphatic hydroxyl groups is 2. The fraction of sp³-hybridized carbons (Fsp3) is 0.455. The van der Waals surface area contributed by atoms with Gasteiger partial charge in [0.05, 0.1) is 19.3 Å². The summed E-state index contributed by atoms with van der Waals surface area (Å²) < 4.78 is 5.80. The second-order valence-electron chi connectivity index (χ2n) is 3.29. The molecule has 0 unspecified atom stereocenters. The van der Waals surface area contributed by atoms with Gasteiger partial charge >= 0.3 is 0 Å². The van der Waals surface area contributed by atoms with Gasteiger partial charge in [0.1, 0.15) is 6.10 Å². The van der Waals surface area contributed by atoms with Crippen LogP contribution in [0.3, 0.4) is 0 Å². The Balaban J connectivity index is 2.22. The van der Waals surface area contributed by atoms with E-state index in [2.05, 4.69) is 0 Å². The Morgan fingerprint density at radius 1 is 1.13 bits per heavy atom. The molecule has 0 spiro atoms. The van der Waals surface area contributed by atoms with Crippen LogP contribution >= 0.6 is 22.6 Å². The minimum Gasteiger partial charge on any atom is -0.390 e. The Morgan fingerprint density at radius 2 is 1.80 bits per heavy atom. The SMILES string of the molecule is O[C@H](COCc1ccccc1)[C@@H](O)CI. The maximum absolute atomic E-state index is 9.42. The predicted octanol–water partition coefficient (Wildman–Crippen LogP) is 1.36. The molecule has 4 heteroatoms. The van der Waals surface area contributed by atoms with Crippen molar-refractivity contribution in [3.8, 4) is 0 Å². The summed E-state index contributed by atoms with van der Waals surface area (Å²) in [4.78, 5) is 0. The van der Waals surface area contributed by atoms with E-state index in [1.165, 1.54) is 0 Å². The zero-order chi connectivity index (χ0) is 11.1. The summed E-state index contributed by atoms with van der Waals surface area (Å²) in [6, 6.07) is 9.74. The first-order chi connectivity index (χ1) is 7.24. The summed E-state index contributed by atoms with van der Waals surface area (Å²) in [6.07, 6.45) is -1.51. The first-order valence-electron chi connectivity index (χ1n) is 4.78. The summed E-state index contributed by atoms with van der Waals surface area (Å²) in [6.45, 7) is 0.630. The number of ether oxygens (including phenoxy) is 1. The molecular formula is C11H15IO3. The van der Waals surface area contributed by atoms with E-state index in [1.807, 2.05) is 52.9 Å². The van der Waals surface area contributed by atoms with Crippen LogP contribution in [0.5, 0.6) is 0 Å². The van der Waals surface area contributed by atoms with Crippen LogP contribution in [-0.4, -0.2) is 33.5 Å². The molecule has 0 amide bonds. The smallest absolute Gasteiger partial charge is 0.104 e. The van der Waals surface area contributed by atoms with E-state index >= 15 is 0 Å². The van der Waals surface area contributed by atoms with Crippen molar-refractivity contribution in [3.05, 3.63) is 35.9 Å². The fourth-order valence-corrected chi connectivity index (χ4v) is 1.67. The zero-order valence-corrected chi connectivity index (χ0v) is 10.5. The Morgan fingerprint density at radius 3 is 2.40 bits per heavy atom. The van der Waals surface area contributed by atoms with Gasteiger partial charge in [0.2, 0.25) is 0 Å². The molecule has 0 radical (unpaired) electrons. The third kappa shape index (κ3) is 4.92. The molecule has 0 fully saturated rings. The second kappa shape index (κ2) is 7.16.